The zero-order valence-electron chi connectivity index (χ0n) is 10.3. The van der Waals surface area contributed by atoms with Gasteiger partial charge in [0, 0.05) is 19.5 Å². The van der Waals surface area contributed by atoms with Crippen LogP contribution >= 0.6 is 0 Å². The summed E-state index contributed by atoms with van der Waals surface area (Å²) in [5, 5.41) is 10.1. The second-order valence-electron chi connectivity index (χ2n) is 4.56. The maximum Gasteiger partial charge on any atom is 0.106 e. The molecule has 1 saturated heterocycles. The van der Waals surface area contributed by atoms with Crippen LogP contribution in [0, 0.1) is 0 Å². The maximum atomic E-state index is 10.1. The topological polar surface area (TPSA) is 45.8 Å². The fraction of sp³-hybridized carbons (Fsp3) is 0.692. The Hall–Kier alpha value is -0.840. The molecule has 96 valence electrons. The van der Waals surface area contributed by atoms with Gasteiger partial charge in [-0.05, 0) is 25.1 Å². The third kappa shape index (κ3) is 3.56. The van der Waals surface area contributed by atoms with Crippen LogP contribution in [0.1, 0.15) is 19.1 Å². The molecule has 1 fully saturated rings. The number of aliphatic hydroxyl groups is 1. The zero-order valence-corrected chi connectivity index (χ0v) is 10.3. The van der Waals surface area contributed by atoms with Crippen molar-refractivity contribution in [2.24, 2.45) is 0 Å². The summed E-state index contributed by atoms with van der Waals surface area (Å²) >= 11 is 0. The first-order chi connectivity index (χ1) is 8.29. The molecule has 1 aromatic heterocycles. The molecular formula is C13H21NO3. The smallest absolute Gasteiger partial charge is 0.106 e. The van der Waals surface area contributed by atoms with E-state index in [0.29, 0.717) is 13.0 Å². The van der Waals surface area contributed by atoms with E-state index in [1.54, 1.807) is 6.26 Å². The lowest BCUT2D eigenvalue weighted by molar-refractivity contribution is -0.0887. The molecule has 0 aliphatic carbocycles. The van der Waals surface area contributed by atoms with Gasteiger partial charge < -0.3 is 14.3 Å². The van der Waals surface area contributed by atoms with Crippen molar-refractivity contribution in [2.75, 3.05) is 26.2 Å². The summed E-state index contributed by atoms with van der Waals surface area (Å²) in [6, 6.07) is 3.73. The lowest BCUT2D eigenvalue weighted by Crippen LogP contribution is -2.48. The first kappa shape index (κ1) is 12.6. The van der Waals surface area contributed by atoms with Gasteiger partial charge in [0.25, 0.3) is 0 Å². The van der Waals surface area contributed by atoms with Crippen molar-refractivity contribution in [1.82, 2.24) is 4.90 Å². The van der Waals surface area contributed by atoms with Gasteiger partial charge in [-0.1, -0.05) is 6.92 Å². The number of hydrogen-bond acceptors (Lipinski definition) is 4. The summed E-state index contributed by atoms with van der Waals surface area (Å²) in [5.74, 6) is 0.814. The number of morpholine rings is 1. The van der Waals surface area contributed by atoms with Gasteiger partial charge in [0.2, 0.25) is 0 Å². The number of furan rings is 1. The van der Waals surface area contributed by atoms with Gasteiger partial charge in [-0.2, -0.15) is 0 Å². The SMILES string of the molecule is CCCN1CCOC(C(O)Cc2ccco2)C1. The summed E-state index contributed by atoms with van der Waals surface area (Å²) < 4.78 is 10.9. The summed E-state index contributed by atoms with van der Waals surface area (Å²) in [4.78, 5) is 2.35. The van der Waals surface area contributed by atoms with E-state index in [4.69, 9.17) is 9.15 Å². The molecule has 0 aromatic carbocycles. The highest BCUT2D eigenvalue weighted by atomic mass is 16.5. The number of rotatable bonds is 5. The number of aliphatic hydroxyl groups excluding tert-OH is 1. The molecule has 2 heterocycles. The minimum Gasteiger partial charge on any atom is -0.469 e. The lowest BCUT2D eigenvalue weighted by atomic mass is 10.1. The molecule has 17 heavy (non-hydrogen) atoms. The Kier molecular flexibility index (Phi) is 4.59. The van der Waals surface area contributed by atoms with Crippen molar-refractivity contribution in [3.63, 3.8) is 0 Å². The summed E-state index contributed by atoms with van der Waals surface area (Å²) in [7, 11) is 0. The van der Waals surface area contributed by atoms with Crippen molar-refractivity contribution in [2.45, 2.75) is 32.0 Å². The van der Waals surface area contributed by atoms with Gasteiger partial charge in [-0.25, -0.2) is 0 Å². The van der Waals surface area contributed by atoms with Gasteiger partial charge in [0.15, 0.2) is 0 Å². The van der Waals surface area contributed by atoms with E-state index < -0.39 is 6.10 Å². The summed E-state index contributed by atoms with van der Waals surface area (Å²) in [6.45, 7) is 5.74. The zero-order chi connectivity index (χ0) is 12.1. The van der Waals surface area contributed by atoms with Crippen LogP contribution in [-0.4, -0.2) is 48.5 Å². The number of ether oxygens (including phenoxy) is 1. The van der Waals surface area contributed by atoms with E-state index in [1.165, 1.54) is 0 Å². The Morgan fingerprint density at radius 1 is 1.59 bits per heavy atom. The van der Waals surface area contributed by atoms with E-state index in [2.05, 4.69) is 11.8 Å². The second-order valence-corrected chi connectivity index (χ2v) is 4.56. The number of nitrogens with zero attached hydrogens (tertiary/aromatic N) is 1. The third-order valence-corrected chi connectivity index (χ3v) is 3.14. The fourth-order valence-electron chi connectivity index (χ4n) is 2.25. The Morgan fingerprint density at radius 3 is 3.18 bits per heavy atom. The second kappa shape index (κ2) is 6.19. The molecule has 4 nitrogen and oxygen atoms in total. The van der Waals surface area contributed by atoms with Crippen molar-refractivity contribution in [3.05, 3.63) is 24.2 Å². The van der Waals surface area contributed by atoms with Crippen LogP contribution in [0.4, 0.5) is 0 Å². The standard InChI is InChI=1S/C13H21NO3/c1-2-5-14-6-8-17-13(10-14)12(15)9-11-4-3-7-16-11/h3-4,7,12-13,15H,2,5-6,8-10H2,1H3. The van der Waals surface area contributed by atoms with Crippen LogP contribution in [0.15, 0.2) is 22.8 Å². The molecule has 0 saturated carbocycles. The van der Waals surface area contributed by atoms with Gasteiger partial charge in [0.1, 0.15) is 5.76 Å². The minimum atomic E-state index is -0.485. The minimum absolute atomic E-state index is 0.0969. The van der Waals surface area contributed by atoms with Crippen LogP contribution in [0.3, 0.4) is 0 Å². The summed E-state index contributed by atoms with van der Waals surface area (Å²) in [5.41, 5.74) is 0. The summed E-state index contributed by atoms with van der Waals surface area (Å²) in [6.07, 6.45) is 2.72. The molecule has 0 radical (unpaired) electrons. The molecule has 1 aromatic rings. The van der Waals surface area contributed by atoms with E-state index >= 15 is 0 Å². The quantitative estimate of drug-likeness (QED) is 0.841. The van der Waals surface area contributed by atoms with Crippen molar-refractivity contribution < 1.29 is 14.3 Å². The Bertz CT molecular complexity index is 310. The Balaban J connectivity index is 1.84. The average Bonchev–Trinajstić information content (AvgIpc) is 2.83. The first-order valence-corrected chi connectivity index (χ1v) is 6.34. The van der Waals surface area contributed by atoms with Crippen LogP contribution in [0.5, 0.6) is 0 Å². The van der Waals surface area contributed by atoms with Gasteiger partial charge in [0.05, 0.1) is 25.1 Å². The highest BCUT2D eigenvalue weighted by molar-refractivity contribution is 5.00. The number of hydrogen-bond donors (Lipinski definition) is 1. The maximum absolute atomic E-state index is 10.1. The monoisotopic (exact) mass is 239 g/mol. The lowest BCUT2D eigenvalue weighted by Gasteiger charge is -2.34. The van der Waals surface area contributed by atoms with Gasteiger partial charge in [-0.15, -0.1) is 0 Å². The van der Waals surface area contributed by atoms with Gasteiger partial charge >= 0.3 is 0 Å². The van der Waals surface area contributed by atoms with Crippen LogP contribution < -0.4 is 0 Å². The molecule has 0 spiro atoms. The molecule has 4 heteroatoms. The van der Waals surface area contributed by atoms with Crippen molar-refractivity contribution in [1.29, 1.82) is 0 Å². The highest BCUT2D eigenvalue weighted by Gasteiger charge is 2.27. The van der Waals surface area contributed by atoms with Gasteiger partial charge in [-0.3, -0.25) is 4.90 Å². The van der Waals surface area contributed by atoms with Crippen molar-refractivity contribution >= 4 is 0 Å². The highest BCUT2D eigenvalue weighted by Crippen LogP contribution is 2.14. The normalized spacial score (nSPS) is 23.8. The van der Waals surface area contributed by atoms with Crippen molar-refractivity contribution in [3.8, 4) is 0 Å². The van der Waals surface area contributed by atoms with E-state index in [1.807, 2.05) is 12.1 Å². The van der Waals surface area contributed by atoms with E-state index in [9.17, 15) is 5.11 Å². The molecule has 2 unspecified atom stereocenters. The van der Waals surface area contributed by atoms with Crippen LogP contribution in [0.25, 0.3) is 0 Å². The van der Waals surface area contributed by atoms with E-state index in [-0.39, 0.29) is 6.10 Å². The Labute approximate surface area is 102 Å². The molecule has 2 atom stereocenters. The first-order valence-electron chi connectivity index (χ1n) is 6.34. The van der Waals surface area contributed by atoms with E-state index in [0.717, 1.165) is 31.8 Å². The molecule has 2 rings (SSSR count). The predicted octanol–water partition coefficient (Wildman–Crippen LogP) is 1.29. The van der Waals surface area contributed by atoms with Crippen LogP contribution in [0.2, 0.25) is 0 Å². The molecule has 1 aliphatic rings. The Morgan fingerprint density at radius 2 is 2.47 bits per heavy atom. The molecular weight excluding hydrogens is 218 g/mol. The molecule has 1 N–H and O–H groups in total. The molecule has 0 bridgehead atoms. The fourth-order valence-corrected chi connectivity index (χ4v) is 2.25. The van der Waals surface area contributed by atoms with Crippen LogP contribution in [-0.2, 0) is 11.2 Å². The average molecular weight is 239 g/mol. The third-order valence-electron chi connectivity index (χ3n) is 3.14. The molecule has 1 aliphatic heterocycles. The molecule has 0 amide bonds. The largest absolute Gasteiger partial charge is 0.469 e. The predicted molar refractivity (Wildman–Crippen MR) is 64.9 cm³/mol.